The molecule has 3 N–H and O–H groups in total. The molecule has 0 aromatic rings. The van der Waals surface area contributed by atoms with Gasteiger partial charge in [0, 0.05) is 6.54 Å². The highest BCUT2D eigenvalue weighted by Gasteiger charge is 2.23. The molecule has 1 unspecified atom stereocenters. The Labute approximate surface area is 111 Å². The summed E-state index contributed by atoms with van der Waals surface area (Å²) < 4.78 is 14.9. The van der Waals surface area contributed by atoms with Crippen molar-refractivity contribution in [1.82, 2.24) is 5.32 Å². The van der Waals surface area contributed by atoms with Gasteiger partial charge >= 0.3 is 7.82 Å². The van der Waals surface area contributed by atoms with Gasteiger partial charge in [-0.15, -0.1) is 5.73 Å². The summed E-state index contributed by atoms with van der Waals surface area (Å²) in [5.41, 5.74) is 4.82. The first-order valence-corrected chi connectivity index (χ1v) is 7.13. The Morgan fingerprint density at radius 1 is 1.53 bits per heavy atom. The highest BCUT2D eigenvalue weighted by Crippen LogP contribution is 2.37. The van der Waals surface area contributed by atoms with Gasteiger partial charge in [0.15, 0.2) is 0 Å². The molecule has 0 bridgehead atoms. The molecular weight excluding hydrogens is 269 g/mol. The zero-order valence-electron chi connectivity index (χ0n) is 10.7. The molecule has 1 aliphatic carbocycles. The maximum Gasteiger partial charge on any atom is 0.470 e. The minimum atomic E-state index is -4.66. The summed E-state index contributed by atoms with van der Waals surface area (Å²) in [6, 6.07) is 0. The van der Waals surface area contributed by atoms with Crippen molar-refractivity contribution in [3.63, 3.8) is 0 Å². The molecule has 6 nitrogen and oxygen atoms in total. The van der Waals surface area contributed by atoms with Gasteiger partial charge < -0.3 is 15.1 Å². The van der Waals surface area contributed by atoms with Crippen LogP contribution in [0.3, 0.4) is 0 Å². The van der Waals surface area contributed by atoms with Crippen molar-refractivity contribution in [2.45, 2.75) is 20.0 Å². The lowest BCUT2D eigenvalue weighted by Crippen LogP contribution is -2.35. The normalized spacial score (nSPS) is 16.4. The fraction of sp³-hybridized carbons (Fsp3) is 0.333. The van der Waals surface area contributed by atoms with Crippen molar-refractivity contribution in [1.29, 1.82) is 0 Å². The molecular formula is C12H16NO5P. The molecule has 0 fully saturated rings. The SMILES string of the molecule is CC1=C=CC=C(CNC(=O)C(C)OP(=O)(O)O)C=C1. The summed E-state index contributed by atoms with van der Waals surface area (Å²) in [5, 5.41) is 2.53. The number of hydrogen-bond donors (Lipinski definition) is 3. The molecule has 1 amide bonds. The third-order valence-electron chi connectivity index (χ3n) is 2.29. The Morgan fingerprint density at radius 2 is 2.21 bits per heavy atom. The Bertz CT molecular complexity index is 522. The number of allylic oxidation sites excluding steroid dienone is 3. The lowest BCUT2D eigenvalue weighted by Gasteiger charge is -2.13. The number of rotatable bonds is 5. The van der Waals surface area contributed by atoms with Crippen molar-refractivity contribution in [2.75, 3.05) is 6.54 Å². The smallest absolute Gasteiger partial charge is 0.350 e. The molecule has 0 aromatic carbocycles. The summed E-state index contributed by atoms with van der Waals surface area (Å²) in [4.78, 5) is 28.7. The number of phosphoric acid groups is 1. The van der Waals surface area contributed by atoms with Crippen LogP contribution >= 0.6 is 7.82 Å². The quantitative estimate of drug-likeness (QED) is 0.521. The van der Waals surface area contributed by atoms with Crippen LogP contribution in [0.5, 0.6) is 0 Å². The van der Waals surface area contributed by atoms with Gasteiger partial charge in [-0.05, 0) is 37.1 Å². The average molecular weight is 285 g/mol. The first-order chi connectivity index (χ1) is 8.78. The van der Waals surface area contributed by atoms with Crippen LogP contribution in [0.25, 0.3) is 0 Å². The molecule has 0 saturated heterocycles. The summed E-state index contributed by atoms with van der Waals surface area (Å²) in [6.07, 6.45) is 6.01. The number of amides is 1. The topological polar surface area (TPSA) is 95.9 Å². The second kappa shape index (κ2) is 6.66. The first kappa shape index (κ1) is 15.6. The lowest BCUT2D eigenvalue weighted by molar-refractivity contribution is -0.127. The van der Waals surface area contributed by atoms with Gasteiger partial charge in [-0.25, -0.2) is 4.57 Å². The number of carbonyl (C=O) groups excluding carboxylic acids is 1. The van der Waals surface area contributed by atoms with Gasteiger partial charge in [-0.1, -0.05) is 12.2 Å². The third-order valence-corrected chi connectivity index (χ3v) is 2.88. The monoisotopic (exact) mass is 285 g/mol. The van der Waals surface area contributed by atoms with E-state index < -0.39 is 19.8 Å². The second-order valence-electron chi connectivity index (χ2n) is 4.02. The molecule has 104 valence electrons. The molecule has 1 aliphatic rings. The van der Waals surface area contributed by atoms with Crippen molar-refractivity contribution in [2.24, 2.45) is 0 Å². The van der Waals surface area contributed by atoms with Crippen LogP contribution in [0.4, 0.5) is 0 Å². The molecule has 0 heterocycles. The predicted octanol–water partition coefficient (Wildman–Crippen LogP) is 1.20. The minimum Gasteiger partial charge on any atom is -0.350 e. The zero-order valence-corrected chi connectivity index (χ0v) is 11.6. The van der Waals surface area contributed by atoms with E-state index in [4.69, 9.17) is 9.79 Å². The summed E-state index contributed by atoms with van der Waals surface area (Å²) >= 11 is 0. The molecule has 1 rings (SSSR count). The maximum absolute atomic E-state index is 11.6. The van der Waals surface area contributed by atoms with E-state index in [2.05, 4.69) is 15.6 Å². The van der Waals surface area contributed by atoms with Gasteiger partial charge in [-0.3, -0.25) is 9.32 Å². The highest BCUT2D eigenvalue weighted by molar-refractivity contribution is 7.46. The first-order valence-electron chi connectivity index (χ1n) is 5.60. The molecule has 1 atom stereocenters. The van der Waals surface area contributed by atoms with Crippen LogP contribution in [-0.2, 0) is 13.9 Å². The molecule has 0 spiro atoms. The predicted molar refractivity (Wildman–Crippen MR) is 70.1 cm³/mol. The zero-order chi connectivity index (χ0) is 14.5. The van der Waals surface area contributed by atoms with Crippen molar-refractivity contribution < 1.29 is 23.7 Å². The fourth-order valence-electron chi connectivity index (χ4n) is 1.32. The fourth-order valence-corrected chi connectivity index (χ4v) is 1.83. The van der Waals surface area contributed by atoms with Gasteiger partial charge in [0.1, 0.15) is 6.10 Å². The second-order valence-corrected chi connectivity index (χ2v) is 5.22. The largest absolute Gasteiger partial charge is 0.470 e. The van der Waals surface area contributed by atoms with Crippen LogP contribution in [-0.4, -0.2) is 28.3 Å². The van der Waals surface area contributed by atoms with E-state index in [-0.39, 0.29) is 6.54 Å². The number of carbonyl (C=O) groups is 1. The number of hydrogen-bond acceptors (Lipinski definition) is 3. The Hall–Kier alpha value is -1.42. The van der Waals surface area contributed by atoms with Gasteiger partial charge in [0.05, 0.1) is 0 Å². The van der Waals surface area contributed by atoms with Crippen molar-refractivity contribution >= 4 is 13.7 Å². The maximum atomic E-state index is 11.6. The van der Waals surface area contributed by atoms with Crippen molar-refractivity contribution in [3.05, 3.63) is 41.2 Å². The van der Waals surface area contributed by atoms with E-state index >= 15 is 0 Å². The van der Waals surface area contributed by atoms with E-state index in [0.717, 1.165) is 11.1 Å². The summed E-state index contributed by atoms with van der Waals surface area (Å²) in [7, 11) is -4.66. The Balaban J connectivity index is 2.48. The molecule has 7 heteroatoms. The van der Waals surface area contributed by atoms with Crippen LogP contribution in [0.2, 0.25) is 0 Å². The lowest BCUT2D eigenvalue weighted by atomic mass is 10.2. The molecule has 19 heavy (non-hydrogen) atoms. The van der Waals surface area contributed by atoms with Crippen LogP contribution < -0.4 is 5.32 Å². The average Bonchev–Trinajstić information content (AvgIpc) is 2.48. The third kappa shape index (κ3) is 6.34. The van der Waals surface area contributed by atoms with Crippen LogP contribution in [0.1, 0.15) is 13.8 Å². The van der Waals surface area contributed by atoms with Crippen molar-refractivity contribution in [3.8, 4) is 0 Å². The number of phosphoric ester groups is 1. The van der Waals surface area contributed by atoms with Gasteiger partial charge in [0.25, 0.3) is 0 Å². The minimum absolute atomic E-state index is 0.246. The Morgan fingerprint density at radius 3 is 2.84 bits per heavy atom. The van der Waals surface area contributed by atoms with E-state index in [1.54, 1.807) is 12.2 Å². The van der Waals surface area contributed by atoms with E-state index in [9.17, 15) is 9.36 Å². The number of nitrogens with one attached hydrogen (secondary N) is 1. The summed E-state index contributed by atoms with van der Waals surface area (Å²) in [6.45, 7) is 3.42. The Kier molecular flexibility index (Phi) is 5.48. The highest BCUT2D eigenvalue weighted by atomic mass is 31.2. The van der Waals surface area contributed by atoms with Gasteiger partial charge in [-0.2, -0.15) is 0 Å². The molecule has 0 radical (unpaired) electrons. The van der Waals surface area contributed by atoms with Gasteiger partial charge in [0.2, 0.25) is 5.91 Å². The standard InChI is InChI=1S/C12H16NO5P/c1-9-4-3-5-11(7-6-9)8-13-12(14)10(2)18-19(15,16)17/h3,5-7,10H,8H2,1-2H3,(H,13,14)(H2,15,16,17). The van der Waals surface area contributed by atoms with E-state index in [0.29, 0.717) is 0 Å². The van der Waals surface area contributed by atoms with Crippen LogP contribution in [0, 0.1) is 0 Å². The van der Waals surface area contributed by atoms with E-state index in [1.807, 2.05) is 19.1 Å². The van der Waals surface area contributed by atoms with E-state index in [1.165, 1.54) is 6.92 Å². The molecule has 0 saturated carbocycles. The molecule has 0 aromatic heterocycles. The van der Waals surface area contributed by atoms with Crippen LogP contribution in [0.15, 0.2) is 41.2 Å². The molecule has 0 aliphatic heterocycles. The summed E-state index contributed by atoms with van der Waals surface area (Å²) in [5.74, 6) is -0.587.